The maximum Gasteiger partial charge on any atom is 0.127 e. The average Bonchev–Trinajstić information content (AvgIpc) is 3.41. The predicted molar refractivity (Wildman–Crippen MR) is 181 cm³/mol. The zero-order valence-electron chi connectivity index (χ0n) is 26.3. The van der Waals surface area contributed by atoms with Crippen molar-refractivity contribution in [2.24, 2.45) is 0 Å². The molecule has 0 aromatic heterocycles. The van der Waals surface area contributed by atoms with Crippen LogP contribution in [-0.4, -0.2) is 36.6 Å². The van der Waals surface area contributed by atoms with Crippen LogP contribution in [0.3, 0.4) is 0 Å². The molecule has 0 aliphatic heterocycles. The highest BCUT2D eigenvalue weighted by molar-refractivity contribution is 5.88. The van der Waals surface area contributed by atoms with Crippen molar-refractivity contribution in [3.63, 3.8) is 0 Å². The lowest BCUT2D eigenvalue weighted by Crippen LogP contribution is -2.31. The summed E-state index contributed by atoms with van der Waals surface area (Å²) in [6.45, 7) is 0.402. The number of fused-ring (bicyclic) bond motifs is 3. The molecular formula is C41H46O4. The van der Waals surface area contributed by atoms with E-state index in [1.165, 1.54) is 71.9 Å². The van der Waals surface area contributed by atoms with Gasteiger partial charge in [0, 0.05) is 11.1 Å². The number of hydrogen-bond donors (Lipinski definition) is 2. The fourth-order valence-corrected chi connectivity index (χ4v) is 8.75. The Kier molecular flexibility index (Phi) is 8.96. The van der Waals surface area contributed by atoms with Crippen LogP contribution in [0.25, 0.3) is 11.1 Å². The molecule has 0 unspecified atom stereocenters. The highest BCUT2D eigenvalue weighted by atomic mass is 16.5. The van der Waals surface area contributed by atoms with Gasteiger partial charge in [0.25, 0.3) is 0 Å². The summed E-state index contributed by atoms with van der Waals surface area (Å²) in [5.41, 5.74) is 8.88. The molecular weight excluding hydrogens is 556 g/mol. The van der Waals surface area contributed by atoms with E-state index in [2.05, 4.69) is 84.9 Å². The molecule has 7 rings (SSSR count). The van der Waals surface area contributed by atoms with Gasteiger partial charge < -0.3 is 19.7 Å². The van der Waals surface area contributed by atoms with Crippen molar-refractivity contribution >= 4 is 0 Å². The van der Waals surface area contributed by atoms with E-state index in [4.69, 9.17) is 9.47 Å². The van der Waals surface area contributed by atoms with Crippen LogP contribution in [0.15, 0.2) is 84.9 Å². The van der Waals surface area contributed by atoms with Crippen LogP contribution < -0.4 is 9.47 Å². The second kappa shape index (κ2) is 13.4. The molecule has 0 bridgehead atoms. The van der Waals surface area contributed by atoms with Gasteiger partial charge in [-0.3, -0.25) is 0 Å². The van der Waals surface area contributed by atoms with Crippen molar-refractivity contribution in [3.05, 3.63) is 118 Å². The molecule has 2 fully saturated rings. The van der Waals surface area contributed by atoms with Gasteiger partial charge in [-0.1, -0.05) is 123 Å². The normalized spacial score (nSPS) is 17.9. The smallest absolute Gasteiger partial charge is 0.127 e. The van der Waals surface area contributed by atoms with E-state index in [0.29, 0.717) is 11.8 Å². The zero-order valence-corrected chi connectivity index (χ0v) is 26.3. The number of ether oxygens (including phenoxy) is 2. The minimum Gasteiger partial charge on any atom is -0.491 e. The fourth-order valence-electron chi connectivity index (χ4n) is 8.75. The van der Waals surface area contributed by atoms with Gasteiger partial charge >= 0.3 is 0 Å². The van der Waals surface area contributed by atoms with E-state index in [1.807, 2.05) is 0 Å². The maximum atomic E-state index is 10.0. The van der Waals surface area contributed by atoms with Gasteiger partial charge in [-0.15, -0.1) is 0 Å². The number of para-hydroxylation sites is 2. The fraction of sp³-hybridized carbons (Fsp3) is 0.415. The highest BCUT2D eigenvalue weighted by Gasteiger charge is 2.50. The Balaban J connectivity index is 1.58. The van der Waals surface area contributed by atoms with Crippen LogP contribution in [0, 0.1) is 0 Å². The number of benzene rings is 4. The van der Waals surface area contributed by atoms with E-state index >= 15 is 0 Å². The predicted octanol–water partition coefficient (Wildman–Crippen LogP) is 8.89. The first-order valence-electron chi connectivity index (χ1n) is 17.2. The van der Waals surface area contributed by atoms with E-state index in [-0.39, 0.29) is 26.4 Å². The first-order chi connectivity index (χ1) is 22.3. The minimum absolute atomic E-state index is 0.0410. The second-order valence-corrected chi connectivity index (χ2v) is 13.1. The summed E-state index contributed by atoms with van der Waals surface area (Å²) < 4.78 is 13.4. The standard InChI is InChI=1S/C41H46O4/c42-25-27-44-39-31(29-13-3-1-4-14-29)19-11-23-37(39)41(35-21-9-7-17-33(35)34-18-8-10-22-36(34)41)38-24-12-20-32(40(38)45-28-26-43)30-15-5-2-6-16-30/h7-12,17-24,29-30,42-43H,1-6,13-16,25-28H2. The second-order valence-electron chi connectivity index (χ2n) is 13.1. The quantitative estimate of drug-likeness (QED) is 0.168. The van der Waals surface area contributed by atoms with Crippen molar-refractivity contribution in [1.82, 2.24) is 0 Å². The first-order valence-corrected chi connectivity index (χ1v) is 17.2. The lowest BCUT2D eigenvalue weighted by Gasteiger charge is -2.38. The molecule has 0 spiro atoms. The van der Waals surface area contributed by atoms with Gasteiger partial charge in [-0.05, 0) is 70.9 Å². The summed E-state index contributed by atoms with van der Waals surface area (Å²) in [4.78, 5) is 0. The van der Waals surface area contributed by atoms with Gasteiger partial charge in [0.05, 0.1) is 18.6 Å². The van der Waals surface area contributed by atoms with Crippen molar-refractivity contribution in [1.29, 1.82) is 0 Å². The molecule has 4 nitrogen and oxygen atoms in total. The Hall–Kier alpha value is -3.60. The van der Waals surface area contributed by atoms with Crippen LogP contribution in [-0.2, 0) is 5.41 Å². The Morgan fingerprint density at radius 1 is 0.489 bits per heavy atom. The number of aliphatic hydroxyl groups excluding tert-OH is 2. The molecule has 2 saturated carbocycles. The van der Waals surface area contributed by atoms with Crippen molar-refractivity contribution in [2.75, 3.05) is 26.4 Å². The van der Waals surface area contributed by atoms with Crippen LogP contribution in [0.5, 0.6) is 11.5 Å². The van der Waals surface area contributed by atoms with E-state index in [0.717, 1.165) is 48.3 Å². The van der Waals surface area contributed by atoms with Crippen molar-refractivity contribution in [3.8, 4) is 22.6 Å². The Morgan fingerprint density at radius 3 is 1.31 bits per heavy atom. The highest BCUT2D eigenvalue weighted by Crippen LogP contribution is 2.61. The molecule has 0 amide bonds. The molecule has 2 N–H and O–H groups in total. The van der Waals surface area contributed by atoms with Gasteiger partial charge in [-0.2, -0.15) is 0 Å². The zero-order chi connectivity index (χ0) is 30.6. The maximum absolute atomic E-state index is 10.0. The third kappa shape index (κ3) is 5.26. The molecule has 4 heteroatoms. The number of hydrogen-bond acceptors (Lipinski definition) is 4. The molecule has 3 aliphatic rings. The van der Waals surface area contributed by atoms with Gasteiger partial charge in [0.15, 0.2) is 0 Å². The topological polar surface area (TPSA) is 58.9 Å². The summed E-state index contributed by atoms with van der Waals surface area (Å²) in [7, 11) is 0. The number of aliphatic hydroxyl groups is 2. The largest absolute Gasteiger partial charge is 0.491 e. The van der Waals surface area contributed by atoms with Crippen LogP contribution in [0.2, 0.25) is 0 Å². The molecule has 234 valence electrons. The van der Waals surface area contributed by atoms with Gasteiger partial charge in [0.1, 0.15) is 24.7 Å². The number of rotatable bonds is 10. The SMILES string of the molecule is OCCOc1c(C2CCCCC2)cccc1C1(c2cccc(C3CCCCC3)c2OCCO)c2ccccc2-c2ccccc21. The summed E-state index contributed by atoms with van der Waals surface area (Å²) in [6, 6.07) is 31.1. The van der Waals surface area contributed by atoms with Crippen molar-refractivity contribution in [2.45, 2.75) is 81.5 Å². The summed E-state index contributed by atoms with van der Waals surface area (Å²) in [5, 5.41) is 20.1. The monoisotopic (exact) mass is 602 g/mol. The molecule has 45 heavy (non-hydrogen) atoms. The van der Waals surface area contributed by atoms with E-state index in [9.17, 15) is 10.2 Å². The summed E-state index contributed by atoms with van der Waals surface area (Å²) in [5.74, 6) is 2.66. The molecule has 0 atom stereocenters. The van der Waals surface area contributed by atoms with E-state index in [1.54, 1.807) is 0 Å². The molecule has 0 heterocycles. The van der Waals surface area contributed by atoms with Crippen molar-refractivity contribution < 1.29 is 19.7 Å². The summed E-state index contributed by atoms with van der Waals surface area (Å²) in [6.07, 6.45) is 12.1. The van der Waals surface area contributed by atoms with Gasteiger partial charge in [0.2, 0.25) is 0 Å². The van der Waals surface area contributed by atoms with Crippen LogP contribution >= 0.6 is 0 Å². The average molecular weight is 603 g/mol. The third-order valence-corrected chi connectivity index (χ3v) is 10.6. The Bertz CT molecular complexity index is 1490. The molecule has 4 aromatic rings. The third-order valence-electron chi connectivity index (χ3n) is 10.6. The van der Waals surface area contributed by atoms with Crippen LogP contribution in [0.4, 0.5) is 0 Å². The Labute approximate surface area is 268 Å². The summed E-state index contributed by atoms with van der Waals surface area (Å²) >= 11 is 0. The van der Waals surface area contributed by atoms with E-state index < -0.39 is 5.41 Å². The molecule has 3 aliphatic carbocycles. The first kappa shape index (κ1) is 30.1. The molecule has 0 radical (unpaired) electrons. The Morgan fingerprint density at radius 2 is 0.889 bits per heavy atom. The lowest BCUT2D eigenvalue weighted by molar-refractivity contribution is 0.195. The molecule has 4 aromatic carbocycles. The van der Waals surface area contributed by atoms with Crippen LogP contribution in [0.1, 0.15) is 109 Å². The lowest BCUT2D eigenvalue weighted by atomic mass is 9.65. The minimum atomic E-state index is -0.710. The molecule has 0 saturated heterocycles. The van der Waals surface area contributed by atoms with Gasteiger partial charge in [-0.25, -0.2) is 0 Å².